The van der Waals surface area contributed by atoms with Crippen LogP contribution in [-0.2, 0) is 0 Å². The molecule has 72 valence electrons. The molecule has 0 aliphatic carbocycles. The van der Waals surface area contributed by atoms with Crippen molar-refractivity contribution in [1.82, 2.24) is 10.3 Å². The maximum atomic E-state index is 5.05. The van der Waals surface area contributed by atoms with Gasteiger partial charge in [-0.25, -0.2) is 4.98 Å². The van der Waals surface area contributed by atoms with E-state index in [9.17, 15) is 0 Å². The molecule has 2 rings (SSSR count). The standard InChI is InChI=1S/C8H12N2OS2/c1-5-4-12-7(10-5)6-3-9-8(11-2)13-6/h3,5,7,10H,4H2,1-2H3. The van der Waals surface area contributed by atoms with Crippen LogP contribution >= 0.6 is 23.1 Å². The second kappa shape index (κ2) is 3.86. The Bertz CT molecular complexity index is 289. The highest BCUT2D eigenvalue weighted by Crippen LogP contribution is 2.37. The van der Waals surface area contributed by atoms with E-state index >= 15 is 0 Å². The van der Waals surface area contributed by atoms with Crippen LogP contribution in [0.2, 0.25) is 0 Å². The lowest BCUT2D eigenvalue weighted by Gasteiger charge is -2.06. The van der Waals surface area contributed by atoms with Gasteiger partial charge in [-0.05, 0) is 6.92 Å². The lowest BCUT2D eigenvalue weighted by atomic mass is 10.4. The van der Waals surface area contributed by atoms with Crippen LogP contribution < -0.4 is 10.1 Å². The van der Waals surface area contributed by atoms with Gasteiger partial charge >= 0.3 is 0 Å². The van der Waals surface area contributed by atoms with Crippen LogP contribution in [0, 0.1) is 0 Å². The predicted molar refractivity (Wildman–Crippen MR) is 56.5 cm³/mol. The molecule has 2 unspecified atom stereocenters. The summed E-state index contributed by atoms with van der Waals surface area (Å²) in [6, 6.07) is 0.600. The number of aromatic nitrogens is 1. The number of methoxy groups -OCH3 is 1. The quantitative estimate of drug-likeness (QED) is 0.818. The molecule has 2 heterocycles. The SMILES string of the molecule is COc1ncc(C2NC(C)CS2)s1. The van der Waals surface area contributed by atoms with Gasteiger partial charge in [-0.15, -0.1) is 11.8 Å². The number of thiazole rings is 1. The van der Waals surface area contributed by atoms with Crippen molar-refractivity contribution in [2.45, 2.75) is 18.3 Å². The number of nitrogens with zero attached hydrogens (tertiary/aromatic N) is 1. The smallest absolute Gasteiger partial charge is 0.273 e. The Labute approximate surface area is 85.9 Å². The summed E-state index contributed by atoms with van der Waals surface area (Å²) < 4.78 is 5.05. The molecule has 1 aliphatic heterocycles. The Morgan fingerprint density at radius 2 is 2.54 bits per heavy atom. The van der Waals surface area contributed by atoms with Gasteiger partial charge in [0.15, 0.2) is 0 Å². The van der Waals surface area contributed by atoms with E-state index in [0.29, 0.717) is 11.4 Å². The van der Waals surface area contributed by atoms with Gasteiger partial charge in [0.25, 0.3) is 5.19 Å². The van der Waals surface area contributed by atoms with E-state index in [2.05, 4.69) is 17.2 Å². The summed E-state index contributed by atoms with van der Waals surface area (Å²) in [4.78, 5) is 5.40. The fourth-order valence-corrected chi connectivity index (χ4v) is 3.40. The number of thioether (sulfide) groups is 1. The molecule has 3 nitrogen and oxygen atoms in total. The van der Waals surface area contributed by atoms with Gasteiger partial charge in [0.2, 0.25) is 0 Å². The van der Waals surface area contributed by atoms with Gasteiger partial charge in [0.1, 0.15) is 0 Å². The summed E-state index contributed by atoms with van der Waals surface area (Å²) >= 11 is 3.55. The van der Waals surface area contributed by atoms with Gasteiger partial charge in [-0.2, -0.15) is 0 Å². The summed E-state index contributed by atoms with van der Waals surface area (Å²) in [6.45, 7) is 2.20. The Hall–Kier alpha value is -0.260. The average Bonchev–Trinajstić information content (AvgIpc) is 2.71. The third kappa shape index (κ3) is 1.98. The van der Waals surface area contributed by atoms with Crippen molar-refractivity contribution in [3.05, 3.63) is 11.1 Å². The normalized spacial score (nSPS) is 27.8. The zero-order chi connectivity index (χ0) is 9.26. The minimum Gasteiger partial charge on any atom is -0.473 e. The van der Waals surface area contributed by atoms with Gasteiger partial charge in [0.05, 0.1) is 17.4 Å². The summed E-state index contributed by atoms with van der Waals surface area (Å²) in [5.41, 5.74) is 0. The molecule has 2 atom stereocenters. The van der Waals surface area contributed by atoms with Crippen LogP contribution in [0.1, 0.15) is 17.2 Å². The molecule has 0 aromatic carbocycles. The lowest BCUT2D eigenvalue weighted by Crippen LogP contribution is -2.21. The molecule has 0 radical (unpaired) electrons. The number of ether oxygens (including phenoxy) is 1. The number of rotatable bonds is 2. The largest absolute Gasteiger partial charge is 0.473 e. The van der Waals surface area contributed by atoms with Crippen LogP contribution in [-0.4, -0.2) is 23.9 Å². The van der Waals surface area contributed by atoms with Crippen LogP contribution in [0.5, 0.6) is 5.19 Å². The molecular weight excluding hydrogens is 204 g/mol. The summed E-state index contributed by atoms with van der Waals surface area (Å²) in [6.07, 6.45) is 1.90. The molecule has 0 saturated carbocycles. The van der Waals surface area contributed by atoms with Crippen molar-refractivity contribution in [2.24, 2.45) is 0 Å². The van der Waals surface area contributed by atoms with E-state index in [4.69, 9.17) is 4.74 Å². The Balaban J connectivity index is 2.08. The first kappa shape index (κ1) is 9.30. The fraction of sp³-hybridized carbons (Fsp3) is 0.625. The highest BCUT2D eigenvalue weighted by molar-refractivity contribution is 7.99. The minimum absolute atomic E-state index is 0.413. The predicted octanol–water partition coefficient (Wildman–Crippen LogP) is 1.88. The minimum atomic E-state index is 0.413. The maximum Gasteiger partial charge on any atom is 0.273 e. The first-order valence-corrected chi connectivity index (χ1v) is 6.03. The molecular formula is C8H12N2OS2. The molecule has 13 heavy (non-hydrogen) atoms. The number of hydrogen-bond acceptors (Lipinski definition) is 5. The fourth-order valence-electron chi connectivity index (χ4n) is 1.24. The average molecular weight is 216 g/mol. The molecule has 5 heteroatoms. The van der Waals surface area contributed by atoms with E-state index in [1.165, 1.54) is 10.6 Å². The van der Waals surface area contributed by atoms with Crippen molar-refractivity contribution >= 4 is 23.1 Å². The molecule has 1 aromatic rings. The van der Waals surface area contributed by atoms with Crippen molar-refractivity contribution in [2.75, 3.05) is 12.9 Å². The second-order valence-electron chi connectivity index (χ2n) is 3.01. The van der Waals surface area contributed by atoms with E-state index in [-0.39, 0.29) is 0 Å². The van der Waals surface area contributed by atoms with Gasteiger partial charge < -0.3 is 4.74 Å². The molecule has 1 fully saturated rings. The Morgan fingerprint density at radius 1 is 1.69 bits per heavy atom. The molecule has 1 N–H and O–H groups in total. The molecule has 1 saturated heterocycles. The Morgan fingerprint density at radius 3 is 3.08 bits per heavy atom. The molecule has 0 spiro atoms. The summed E-state index contributed by atoms with van der Waals surface area (Å²) in [5.74, 6) is 1.17. The van der Waals surface area contributed by atoms with Crippen LogP contribution in [0.15, 0.2) is 6.20 Å². The van der Waals surface area contributed by atoms with Crippen molar-refractivity contribution in [3.8, 4) is 5.19 Å². The third-order valence-electron chi connectivity index (χ3n) is 1.88. The van der Waals surface area contributed by atoms with Gasteiger partial charge in [-0.3, -0.25) is 5.32 Å². The molecule has 1 aromatic heterocycles. The van der Waals surface area contributed by atoms with Gasteiger partial charge in [0, 0.05) is 18.0 Å². The summed E-state index contributed by atoms with van der Waals surface area (Å²) in [5, 5.41) is 4.65. The van der Waals surface area contributed by atoms with E-state index in [1.807, 2.05) is 18.0 Å². The summed E-state index contributed by atoms with van der Waals surface area (Å²) in [7, 11) is 1.65. The maximum absolute atomic E-state index is 5.05. The number of hydrogen-bond donors (Lipinski definition) is 1. The third-order valence-corrected chi connectivity index (χ3v) is 4.47. The first-order chi connectivity index (χ1) is 6.29. The van der Waals surface area contributed by atoms with Crippen LogP contribution in [0.25, 0.3) is 0 Å². The van der Waals surface area contributed by atoms with Crippen molar-refractivity contribution in [1.29, 1.82) is 0 Å². The second-order valence-corrected chi connectivity index (χ2v) is 5.18. The van der Waals surface area contributed by atoms with Crippen LogP contribution in [0.4, 0.5) is 0 Å². The Kier molecular flexibility index (Phi) is 2.76. The number of nitrogens with one attached hydrogen (secondary N) is 1. The first-order valence-electron chi connectivity index (χ1n) is 4.17. The monoisotopic (exact) mass is 216 g/mol. The van der Waals surface area contributed by atoms with Gasteiger partial charge in [-0.1, -0.05) is 11.3 Å². The van der Waals surface area contributed by atoms with E-state index in [1.54, 1.807) is 18.4 Å². The zero-order valence-corrected chi connectivity index (χ0v) is 9.24. The molecule has 0 bridgehead atoms. The highest BCUT2D eigenvalue weighted by atomic mass is 32.2. The molecule has 0 amide bonds. The van der Waals surface area contributed by atoms with Crippen molar-refractivity contribution in [3.63, 3.8) is 0 Å². The lowest BCUT2D eigenvalue weighted by molar-refractivity contribution is 0.412. The van der Waals surface area contributed by atoms with E-state index < -0.39 is 0 Å². The van der Waals surface area contributed by atoms with Crippen LogP contribution in [0.3, 0.4) is 0 Å². The zero-order valence-electron chi connectivity index (χ0n) is 7.61. The topological polar surface area (TPSA) is 34.1 Å². The highest BCUT2D eigenvalue weighted by Gasteiger charge is 2.24. The van der Waals surface area contributed by atoms with Crippen molar-refractivity contribution < 1.29 is 4.74 Å². The molecule has 1 aliphatic rings. The van der Waals surface area contributed by atoms with E-state index in [0.717, 1.165) is 5.19 Å².